The third-order valence-electron chi connectivity index (χ3n) is 3.14. The number of aromatic nitrogens is 3. The normalized spacial score (nSPS) is 11.1. The lowest BCUT2D eigenvalue weighted by molar-refractivity contribution is -0.118. The monoisotopic (exact) mass is 386 g/mol. The van der Waals surface area contributed by atoms with Gasteiger partial charge in [0.05, 0.1) is 5.02 Å². The number of rotatable bonds is 7. The topological polar surface area (TPSA) is 59.8 Å². The van der Waals surface area contributed by atoms with E-state index in [0.717, 1.165) is 28.8 Å². The maximum absolute atomic E-state index is 10.9. The number of hydrogen-bond acceptors (Lipinski definition) is 4. The zero-order valence-corrected chi connectivity index (χ0v) is 16.2. The van der Waals surface area contributed by atoms with Gasteiger partial charge in [-0.25, -0.2) is 0 Å². The van der Waals surface area contributed by atoms with Crippen molar-refractivity contribution < 1.29 is 4.79 Å². The minimum atomic E-state index is -0.0344. The van der Waals surface area contributed by atoms with Gasteiger partial charge in [0.25, 0.3) is 0 Å². The standard InChI is InChI=1S/C16H20Cl2N4OS/c1-10(2)9-22-15(13-5-4-12(17)8-14(13)18)20-21-16(22)24-7-6-19-11(3)23/h4-5,8,10H,6-7,9H2,1-3H3,(H,19,23). The molecule has 2 aromatic rings. The Morgan fingerprint density at radius 3 is 2.71 bits per heavy atom. The number of nitrogens with zero attached hydrogens (tertiary/aromatic N) is 3. The first-order chi connectivity index (χ1) is 11.4. The molecule has 0 aliphatic heterocycles. The Kier molecular flexibility index (Phi) is 6.95. The summed E-state index contributed by atoms with van der Waals surface area (Å²) in [5, 5.41) is 13.3. The molecule has 2 rings (SSSR count). The second-order valence-electron chi connectivity index (χ2n) is 5.77. The van der Waals surface area contributed by atoms with E-state index in [1.807, 2.05) is 6.07 Å². The molecule has 0 atom stereocenters. The van der Waals surface area contributed by atoms with Gasteiger partial charge in [0.2, 0.25) is 5.91 Å². The molecule has 0 saturated carbocycles. The SMILES string of the molecule is CC(=O)NCCSc1nnc(-c2ccc(Cl)cc2Cl)n1CC(C)C. The van der Waals surface area contributed by atoms with Crippen LogP contribution in [0.4, 0.5) is 0 Å². The molecule has 0 spiro atoms. The van der Waals surface area contributed by atoms with Gasteiger partial charge in [0, 0.05) is 36.4 Å². The molecule has 1 heterocycles. The van der Waals surface area contributed by atoms with E-state index in [-0.39, 0.29) is 5.91 Å². The first-order valence-electron chi connectivity index (χ1n) is 7.64. The van der Waals surface area contributed by atoms with Crippen LogP contribution in [-0.2, 0) is 11.3 Å². The zero-order chi connectivity index (χ0) is 17.7. The van der Waals surface area contributed by atoms with Gasteiger partial charge < -0.3 is 9.88 Å². The van der Waals surface area contributed by atoms with Gasteiger partial charge in [-0.3, -0.25) is 4.79 Å². The van der Waals surface area contributed by atoms with Crippen molar-refractivity contribution in [3.63, 3.8) is 0 Å². The fourth-order valence-electron chi connectivity index (χ4n) is 2.16. The van der Waals surface area contributed by atoms with Crippen LogP contribution in [0.2, 0.25) is 10.0 Å². The quantitative estimate of drug-likeness (QED) is 0.573. The second kappa shape index (κ2) is 8.74. The highest BCUT2D eigenvalue weighted by molar-refractivity contribution is 7.99. The number of hydrogen-bond donors (Lipinski definition) is 1. The van der Waals surface area contributed by atoms with Crippen LogP contribution in [0, 0.1) is 5.92 Å². The van der Waals surface area contributed by atoms with Crippen molar-refractivity contribution in [3.05, 3.63) is 28.2 Å². The highest BCUT2D eigenvalue weighted by atomic mass is 35.5. The Hall–Kier alpha value is -1.24. The van der Waals surface area contributed by atoms with Gasteiger partial charge in [-0.15, -0.1) is 10.2 Å². The van der Waals surface area contributed by atoms with Crippen LogP contribution in [0.3, 0.4) is 0 Å². The maximum atomic E-state index is 10.9. The molecule has 0 saturated heterocycles. The Balaban J connectivity index is 2.26. The summed E-state index contributed by atoms with van der Waals surface area (Å²) < 4.78 is 2.07. The Morgan fingerprint density at radius 2 is 2.08 bits per heavy atom. The molecule has 0 aliphatic rings. The number of nitrogens with one attached hydrogen (secondary N) is 1. The van der Waals surface area contributed by atoms with Crippen LogP contribution in [0.5, 0.6) is 0 Å². The van der Waals surface area contributed by atoms with E-state index in [0.29, 0.717) is 22.5 Å². The van der Waals surface area contributed by atoms with E-state index in [9.17, 15) is 4.79 Å². The maximum Gasteiger partial charge on any atom is 0.216 e. The summed E-state index contributed by atoms with van der Waals surface area (Å²) in [5.41, 5.74) is 0.808. The predicted octanol–water partition coefficient (Wildman–Crippen LogP) is 4.14. The van der Waals surface area contributed by atoms with E-state index < -0.39 is 0 Å². The van der Waals surface area contributed by atoms with Crippen LogP contribution in [0.25, 0.3) is 11.4 Å². The minimum Gasteiger partial charge on any atom is -0.356 e. The zero-order valence-electron chi connectivity index (χ0n) is 13.8. The fraction of sp³-hybridized carbons (Fsp3) is 0.438. The van der Waals surface area contributed by atoms with Gasteiger partial charge in [0.15, 0.2) is 11.0 Å². The molecule has 8 heteroatoms. The third-order valence-corrected chi connectivity index (χ3v) is 4.66. The van der Waals surface area contributed by atoms with Gasteiger partial charge >= 0.3 is 0 Å². The van der Waals surface area contributed by atoms with Crippen LogP contribution < -0.4 is 5.32 Å². The van der Waals surface area contributed by atoms with Crippen molar-refractivity contribution >= 4 is 40.9 Å². The molecule has 1 aromatic heterocycles. The van der Waals surface area contributed by atoms with Crippen molar-refractivity contribution in [2.45, 2.75) is 32.5 Å². The number of amides is 1. The number of thioether (sulfide) groups is 1. The fourth-order valence-corrected chi connectivity index (χ4v) is 3.46. The third kappa shape index (κ3) is 5.13. The highest BCUT2D eigenvalue weighted by Gasteiger charge is 2.17. The molecule has 130 valence electrons. The molecule has 24 heavy (non-hydrogen) atoms. The minimum absolute atomic E-state index is 0.0344. The molecule has 0 unspecified atom stereocenters. The molecule has 0 radical (unpaired) electrons. The van der Waals surface area contributed by atoms with E-state index in [4.69, 9.17) is 23.2 Å². The van der Waals surface area contributed by atoms with Crippen molar-refractivity contribution in [3.8, 4) is 11.4 Å². The molecular formula is C16H20Cl2N4OS. The number of benzene rings is 1. The molecule has 1 N–H and O–H groups in total. The lowest BCUT2D eigenvalue weighted by Gasteiger charge is -2.13. The summed E-state index contributed by atoms with van der Waals surface area (Å²) in [5.74, 6) is 1.85. The molecule has 0 bridgehead atoms. The first-order valence-corrected chi connectivity index (χ1v) is 9.38. The average Bonchev–Trinajstić information content (AvgIpc) is 2.85. The molecule has 1 amide bonds. The van der Waals surface area contributed by atoms with E-state index in [1.165, 1.54) is 6.92 Å². The molecule has 1 aromatic carbocycles. The molecule has 5 nitrogen and oxygen atoms in total. The number of carbonyl (C=O) groups is 1. The van der Waals surface area contributed by atoms with Gasteiger partial charge in [-0.05, 0) is 24.1 Å². The van der Waals surface area contributed by atoms with Gasteiger partial charge in [0.1, 0.15) is 0 Å². The van der Waals surface area contributed by atoms with Crippen molar-refractivity contribution in [2.75, 3.05) is 12.3 Å². The second-order valence-corrected chi connectivity index (χ2v) is 7.67. The summed E-state index contributed by atoms with van der Waals surface area (Å²) in [6, 6.07) is 5.36. The molecule has 0 fully saturated rings. The number of halogens is 2. The predicted molar refractivity (Wildman–Crippen MR) is 99.7 cm³/mol. The summed E-state index contributed by atoms with van der Waals surface area (Å²) in [6.45, 7) is 7.15. The van der Waals surface area contributed by atoms with Crippen molar-refractivity contribution in [1.29, 1.82) is 0 Å². The van der Waals surface area contributed by atoms with E-state index >= 15 is 0 Å². The largest absolute Gasteiger partial charge is 0.356 e. The van der Waals surface area contributed by atoms with E-state index in [2.05, 4.69) is 33.9 Å². The Bertz CT molecular complexity index is 718. The van der Waals surface area contributed by atoms with E-state index in [1.54, 1.807) is 23.9 Å². The summed E-state index contributed by atoms with van der Waals surface area (Å²) >= 11 is 13.9. The molecular weight excluding hydrogens is 367 g/mol. The first kappa shape index (κ1) is 19.1. The number of carbonyl (C=O) groups excluding carboxylic acids is 1. The van der Waals surface area contributed by atoms with Crippen molar-refractivity contribution in [1.82, 2.24) is 20.1 Å². The van der Waals surface area contributed by atoms with Crippen LogP contribution >= 0.6 is 35.0 Å². The lowest BCUT2D eigenvalue weighted by Crippen LogP contribution is -2.22. The summed E-state index contributed by atoms with van der Waals surface area (Å²) in [7, 11) is 0. The Morgan fingerprint density at radius 1 is 1.33 bits per heavy atom. The van der Waals surface area contributed by atoms with Gasteiger partial charge in [-0.1, -0.05) is 48.8 Å². The lowest BCUT2D eigenvalue weighted by atomic mass is 10.2. The average molecular weight is 387 g/mol. The smallest absolute Gasteiger partial charge is 0.216 e. The Labute approximate surface area is 156 Å². The van der Waals surface area contributed by atoms with Crippen molar-refractivity contribution in [2.24, 2.45) is 5.92 Å². The van der Waals surface area contributed by atoms with Gasteiger partial charge in [-0.2, -0.15) is 0 Å². The highest BCUT2D eigenvalue weighted by Crippen LogP contribution is 2.31. The molecule has 0 aliphatic carbocycles. The van der Waals surface area contributed by atoms with Crippen LogP contribution in [0.15, 0.2) is 23.4 Å². The van der Waals surface area contributed by atoms with Crippen LogP contribution in [0.1, 0.15) is 20.8 Å². The van der Waals surface area contributed by atoms with Crippen LogP contribution in [-0.4, -0.2) is 33.0 Å². The summed E-state index contributed by atoms with van der Waals surface area (Å²) in [4.78, 5) is 10.9. The summed E-state index contributed by atoms with van der Waals surface area (Å²) in [6.07, 6.45) is 0.